The maximum Gasteiger partial charge on any atom is 0.235 e. The number of nitrogens with one attached hydrogen (secondary N) is 2. The van der Waals surface area contributed by atoms with Crippen molar-refractivity contribution in [3.05, 3.63) is 59.8 Å². The van der Waals surface area contributed by atoms with Gasteiger partial charge in [-0.25, -0.2) is 0 Å². The normalized spacial score (nSPS) is 17.3. The standard InChI is InChI=1S/C20H18N2O2/c23-19(22-16-3-1-2-13-6-10-21-18(13)16)20(8-9-20)15-4-5-17-14(12-15)7-11-24-17/h1-6,10,12,21H,7-9,11H2,(H,22,23). The minimum absolute atomic E-state index is 0.0865. The first-order valence-corrected chi connectivity index (χ1v) is 8.40. The monoisotopic (exact) mass is 318 g/mol. The molecule has 1 saturated carbocycles. The van der Waals surface area contributed by atoms with Gasteiger partial charge in [0.05, 0.1) is 23.2 Å². The van der Waals surface area contributed by atoms with Crippen LogP contribution >= 0.6 is 0 Å². The Hall–Kier alpha value is -2.75. The molecule has 120 valence electrons. The van der Waals surface area contributed by atoms with Crippen molar-refractivity contribution in [3.63, 3.8) is 0 Å². The highest BCUT2D eigenvalue weighted by Gasteiger charge is 2.51. The van der Waals surface area contributed by atoms with E-state index in [1.54, 1.807) is 0 Å². The number of aromatic nitrogens is 1. The lowest BCUT2D eigenvalue weighted by Gasteiger charge is -2.17. The Labute approximate surface area is 139 Å². The van der Waals surface area contributed by atoms with Gasteiger partial charge in [-0.3, -0.25) is 4.79 Å². The zero-order valence-electron chi connectivity index (χ0n) is 13.3. The Kier molecular flexibility index (Phi) is 2.77. The molecule has 5 rings (SSSR count). The molecular formula is C20H18N2O2. The van der Waals surface area contributed by atoms with E-state index in [0.29, 0.717) is 0 Å². The molecule has 0 bridgehead atoms. The number of hydrogen-bond acceptors (Lipinski definition) is 2. The number of fused-ring (bicyclic) bond motifs is 2. The van der Waals surface area contributed by atoms with Gasteiger partial charge in [0.25, 0.3) is 0 Å². The first-order chi connectivity index (χ1) is 11.8. The fraction of sp³-hybridized carbons (Fsp3) is 0.250. The van der Waals surface area contributed by atoms with E-state index >= 15 is 0 Å². The van der Waals surface area contributed by atoms with Gasteiger partial charge < -0.3 is 15.0 Å². The molecule has 0 unspecified atom stereocenters. The summed E-state index contributed by atoms with van der Waals surface area (Å²) in [7, 11) is 0. The molecule has 4 heteroatoms. The third kappa shape index (κ3) is 1.96. The third-order valence-electron chi connectivity index (χ3n) is 5.26. The molecule has 4 nitrogen and oxygen atoms in total. The molecule has 0 spiro atoms. The second kappa shape index (κ2) is 4.87. The average Bonchev–Trinajstić information content (AvgIpc) is 3.05. The van der Waals surface area contributed by atoms with Crippen molar-refractivity contribution in [1.29, 1.82) is 0 Å². The van der Waals surface area contributed by atoms with Crippen LogP contribution in [0.25, 0.3) is 10.9 Å². The fourth-order valence-electron chi connectivity index (χ4n) is 3.69. The van der Waals surface area contributed by atoms with Crippen LogP contribution in [0.3, 0.4) is 0 Å². The number of ether oxygens (including phenoxy) is 1. The number of carbonyl (C=O) groups excluding carboxylic acids is 1. The highest BCUT2D eigenvalue weighted by atomic mass is 16.5. The molecule has 0 radical (unpaired) electrons. The highest BCUT2D eigenvalue weighted by Crippen LogP contribution is 2.50. The molecule has 1 fully saturated rings. The van der Waals surface area contributed by atoms with Crippen molar-refractivity contribution in [3.8, 4) is 5.75 Å². The number of amides is 1. The third-order valence-corrected chi connectivity index (χ3v) is 5.26. The van der Waals surface area contributed by atoms with Crippen LogP contribution in [0.5, 0.6) is 5.75 Å². The quantitative estimate of drug-likeness (QED) is 0.772. The summed E-state index contributed by atoms with van der Waals surface area (Å²) in [6, 6.07) is 14.2. The van der Waals surface area contributed by atoms with Crippen LogP contribution in [0.1, 0.15) is 24.0 Å². The van der Waals surface area contributed by atoms with Crippen molar-refractivity contribution in [2.24, 2.45) is 0 Å². The summed E-state index contributed by atoms with van der Waals surface area (Å²) in [5, 5.41) is 4.24. The predicted octanol–water partition coefficient (Wildman–Crippen LogP) is 3.77. The molecule has 1 aliphatic carbocycles. The van der Waals surface area contributed by atoms with Gasteiger partial charge in [0.15, 0.2) is 0 Å². The van der Waals surface area contributed by atoms with Crippen molar-refractivity contribution in [2.75, 3.05) is 11.9 Å². The SMILES string of the molecule is O=C(Nc1cccc2cc[nH]c12)C1(c2ccc3c(c2)CCO3)CC1. The van der Waals surface area contributed by atoms with Crippen molar-refractivity contribution in [2.45, 2.75) is 24.7 Å². The first kappa shape index (κ1) is 13.7. The minimum Gasteiger partial charge on any atom is -0.493 e. The zero-order chi connectivity index (χ0) is 16.1. The molecule has 1 aromatic heterocycles. The Morgan fingerprint density at radius 2 is 2.08 bits per heavy atom. The Balaban J connectivity index is 1.47. The number of rotatable bonds is 3. The Morgan fingerprint density at radius 3 is 2.96 bits per heavy atom. The molecule has 2 N–H and O–H groups in total. The summed E-state index contributed by atoms with van der Waals surface area (Å²) in [6.45, 7) is 0.743. The van der Waals surface area contributed by atoms with Crippen LogP contribution < -0.4 is 10.1 Å². The summed E-state index contributed by atoms with van der Waals surface area (Å²) < 4.78 is 5.58. The van der Waals surface area contributed by atoms with Crippen LogP contribution in [0, 0.1) is 0 Å². The second-order valence-electron chi connectivity index (χ2n) is 6.70. The van der Waals surface area contributed by atoms with E-state index in [-0.39, 0.29) is 11.3 Å². The summed E-state index contributed by atoms with van der Waals surface area (Å²) >= 11 is 0. The number of H-pyrrole nitrogens is 1. The van der Waals surface area contributed by atoms with Crippen LogP contribution in [-0.4, -0.2) is 17.5 Å². The van der Waals surface area contributed by atoms with Crippen LogP contribution in [0.15, 0.2) is 48.7 Å². The molecular weight excluding hydrogens is 300 g/mol. The fourth-order valence-corrected chi connectivity index (χ4v) is 3.69. The first-order valence-electron chi connectivity index (χ1n) is 8.40. The molecule has 2 heterocycles. The maximum absolute atomic E-state index is 13.0. The van der Waals surface area contributed by atoms with Crippen LogP contribution in [0.4, 0.5) is 5.69 Å². The summed E-state index contributed by atoms with van der Waals surface area (Å²) in [5.74, 6) is 1.05. The number of aromatic amines is 1. The van der Waals surface area contributed by atoms with Gasteiger partial charge >= 0.3 is 0 Å². The lowest BCUT2D eigenvalue weighted by molar-refractivity contribution is -0.118. The molecule has 2 aliphatic rings. The summed E-state index contributed by atoms with van der Waals surface area (Å²) in [6.07, 6.45) is 4.63. The number of para-hydroxylation sites is 1. The van der Waals surface area contributed by atoms with E-state index in [2.05, 4.69) is 16.4 Å². The lowest BCUT2D eigenvalue weighted by Crippen LogP contribution is -2.28. The smallest absolute Gasteiger partial charge is 0.235 e. The topological polar surface area (TPSA) is 54.1 Å². The lowest BCUT2D eigenvalue weighted by atomic mass is 9.92. The largest absolute Gasteiger partial charge is 0.493 e. The van der Waals surface area contributed by atoms with E-state index < -0.39 is 0 Å². The molecule has 1 aliphatic heterocycles. The highest BCUT2D eigenvalue weighted by molar-refractivity contribution is 6.06. The Bertz CT molecular complexity index is 953. The summed E-state index contributed by atoms with van der Waals surface area (Å²) in [5.41, 5.74) is 3.77. The number of benzene rings is 2. The van der Waals surface area contributed by atoms with Gasteiger partial charge in [-0.1, -0.05) is 24.3 Å². The zero-order valence-corrected chi connectivity index (χ0v) is 13.3. The van der Waals surface area contributed by atoms with Gasteiger partial charge in [0.2, 0.25) is 5.91 Å². The van der Waals surface area contributed by atoms with E-state index in [9.17, 15) is 4.79 Å². The van der Waals surface area contributed by atoms with Gasteiger partial charge in [0.1, 0.15) is 5.75 Å². The van der Waals surface area contributed by atoms with Gasteiger partial charge in [-0.2, -0.15) is 0 Å². The molecule has 24 heavy (non-hydrogen) atoms. The maximum atomic E-state index is 13.0. The van der Waals surface area contributed by atoms with Gasteiger partial charge in [0, 0.05) is 18.0 Å². The van der Waals surface area contributed by atoms with E-state index in [1.807, 2.05) is 42.6 Å². The number of carbonyl (C=O) groups is 1. The Morgan fingerprint density at radius 1 is 1.17 bits per heavy atom. The van der Waals surface area contributed by atoms with Crippen LogP contribution in [-0.2, 0) is 16.6 Å². The molecule has 0 atom stereocenters. The van der Waals surface area contributed by atoms with Crippen molar-refractivity contribution < 1.29 is 9.53 Å². The predicted molar refractivity (Wildman–Crippen MR) is 93.5 cm³/mol. The summed E-state index contributed by atoms with van der Waals surface area (Å²) in [4.78, 5) is 16.2. The minimum atomic E-state index is -0.383. The molecule has 3 aromatic rings. The molecule has 1 amide bonds. The van der Waals surface area contributed by atoms with Gasteiger partial charge in [-0.15, -0.1) is 0 Å². The van der Waals surface area contributed by atoms with Crippen molar-refractivity contribution >= 4 is 22.5 Å². The number of anilines is 1. The van der Waals surface area contributed by atoms with E-state index in [0.717, 1.165) is 53.8 Å². The van der Waals surface area contributed by atoms with Crippen LogP contribution in [0.2, 0.25) is 0 Å². The van der Waals surface area contributed by atoms with E-state index in [4.69, 9.17) is 4.74 Å². The number of hydrogen-bond donors (Lipinski definition) is 2. The molecule has 0 saturated heterocycles. The second-order valence-corrected chi connectivity index (χ2v) is 6.70. The van der Waals surface area contributed by atoms with Gasteiger partial charge in [-0.05, 0) is 42.2 Å². The van der Waals surface area contributed by atoms with E-state index in [1.165, 1.54) is 5.56 Å². The van der Waals surface area contributed by atoms with Crippen molar-refractivity contribution in [1.82, 2.24) is 4.98 Å². The average molecular weight is 318 g/mol. The molecule has 2 aromatic carbocycles.